The molecule has 0 aliphatic carbocycles. The van der Waals surface area contributed by atoms with Crippen LogP contribution in [0, 0.1) is 12.8 Å². The molecule has 0 saturated heterocycles. The number of carboxylic acid groups (broad SMARTS) is 1. The zero-order valence-corrected chi connectivity index (χ0v) is 14.2. The molecule has 1 aromatic heterocycles. The van der Waals surface area contributed by atoms with Crippen molar-refractivity contribution in [1.82, 2.24) is 10.3 Å². The Morgan fingerprint density at radius 1 is 1.30 bits per heavy atom. The summed E-state index contributed by atoms with van der Waals surface area (Å²) >= 11 is 1.28. The summed E-state index contributed by atoms with van der Waals surface area (Å²) < 4.78 is 0. The lowest BCUT2D eigenvalue weighted by atomic mass is 9.99. The fourth-order valence-electron chi connectivity index (χ4n) is 2.20. The Balaban J connectivity index is 2.23. The Morgan fingerprint density at radius 3 is 2.52 bits per heavy atom. The molecule has 0 saturated carbocycles. The maximum absolute atomic E-state index is 12.4. The predicted molar refractivity (Wildman–Crippen MR) is 90.6 cm³/mol. The molecule has 2 atom stereocenters. The van der Waals surface area contributed by atoms with Gasteiger partial charge >= 0.3 is 5.97 Å². The molecular weight excluding hydrogens is 312 g/mol. The first-order valence-electron chi connectivity index (χ1n) is 7.50. The number of aliphatic carboxylic acids is 1. The van der Waals surface area contributed by atoms with Gasteiger partial charge in [-0.1, -0.05) is 50.6 Å². The van der Waals surface area contributed by atoms with Crippen LogP contribution in [0.25, 0.3) is 10.6 Å². The van der Waals surface area contributed by atoms with Gasteiger partial charge in [0.05, 0.1) is 5.69 Å². The fraction of sp³-hybridized carbons (Fsp3) is 0.353. The minimum absolute atomic E-state index is 0.140. The second kappa shape index (κ2) is 7.37. The van der Waals surface area contributed by atoms with Gasteiger partial charge in [-0.15, -0.1) is 11.3 Å². The molecule has 2 aromatic rings. The number of hydrogen-bond donors (Lipinski definition) is 2. The molecule has 23 heavy (non-hydrogen) atoms. The average Bonchev–Trinajstić information content (AvgIpc) is 2.94. The van der Waals surface area contributed by atoms with Crippen molar-refractivity contribution in [3.63, 3.8) is 0 Å². The van der Waals surface area contributed by atoms with Crippen LogP contribution in [0.15, 0.2) is 30.3 Å². The number of nitrogens with zero attached hydrogens (tertiary/aromatic N) is 1. The van der Waals surface area contributed by atoms with Crippen molar-refractivity contribution in [2.75, 3.05) is 0 Å². The third kappa shape index (κ3) is 3.96. The summed E-state index contributed by atoms with van der Waals surface area (Å²) in [7, 11) is 0. The van der Waals surface area contributed by atoms with Gasteiger partial charge in [0.25, 0.3) is 5.91 Å². The van der Waals surface area contributed by atoms with E-state index < -0.39 is 12.0 Å². The van der Waals surface area contributed by atoms with Gasteiger partial charge in [0, 0.05) is 5.56 Å². The molecule has 1 aromatic carbocycles. The molecule has 1 heterocycles. The van der Waals surface area contributed by atoms with E-state index >= 15 is 0 Å². The van der Waals surface area contributed by atoms with E-state index in [2.05, 4.69) is 10.3 Å². The second-order valence-electron chi connectivity index (χ2n) is 5.47. The highest BCUT2D eigenvalue weighted by molar-refractivity contribution is 7.17. The van der Waals surface area contributed by atoms with Crippen LogP contribution in [0.1, 0.15) is 35.6 Å². The fourth-order valence-corrected chi connectivity index (χ4v) is 3.18. The van der Waals surface area contributed by atoms with Crippen LogP contribution in [0.3, 0.4) is 0 Å². The van der Waals surface area contributed by atoms with Crippen LogP contribution in [0.2, 0.25) is 0 Å². The number of thiazole rings is 1. The lowest BCUT2D eigenvalue weighted by Crippen LogP contribution is -2.44. The number of carbonyl (C=O) groups is 2. The Hall–Kier alpha value is -2.21. The van der Waals surface area contributed by atoms with Gasteiger partial charge in [-0.2, -0.15) is 0 Å². The molecule has 2 N–H and O–H groups in total. The summed E-state index contributed by atoms with van der Waals surface area (Å²) in [4.78, 5) is 28.7. The van der Waals surface area contributed by atoms with E-state index in [0.717, 1.165) is 10.6 Å². The number of benzene rings is 1. The van der Waals surface area contributed by atoms with Gasteiger partial charge in [-0.3, -0.25) is 4.79 Å². The third-order valence-electron chi connectivity index (χ3n) is 3.79. The maximum atomic E-state index is 12.4. The second-order valence-corrected chi connectivity index (χ2v) is 6.47. The van der Waals surface area contributed by atoms with E-state index in [4.69, 9.17) is 0 Å². The van der Waals surface area contributed by atoms with Crippen LogP contribution in [-0.2, 0) is 4.79 Å². The number of hydrogen-bond acceptors (Lipinski definition) is 4. The Bertz CT molecular complexity index is 697. The molecule has 2 rings (SSSR count). The van der Waals surface area contributed by atoms with Gasteiger partial charge < -0.3 is 10.4 Å². The maximum Gasteiger partial charge on any atom is 0.326 e. The summed E-state index contributed by atoms with van der Waals surface area (Å²) in [5.41, 5.74) is 1.55. The molecule has 0 aliphatic rings. The summed E-state index contributed by atoms with van der Waals surface area (Å²) in [6.07, 6.45) is 0.675. The first-order chi connectivity index (χ1) is 10.9. The van der Waals surface area contributed by atoms with Gasteiger partial charge in [0.15, 0.2) is 0 Å². The monoisotopic (exact) mass is 332 g/mol. The SMILES string of the molecule is CC[C@H](C)[C@H](NC(=O)c1sc(-c2ccccc2)nc1C)C(=O)O. The molecule has 0 radical (unpaired) electrons. The van der Waals surface area contributed by atoms with E-state index in [9.17, 15) is 14.7 Å². The quantitative estimate of drug-likeness (QED) is 0.850. The largest absolute Gasteiger partial charge is 0.480 e. The van der Waals surface area contributed by atoms with Gasteiger partial charge in [0.1, 0.15) is 15.9 Å². The van der Waals surface area contributed by atoms with Crippen molar-refractivity contribution in [3.05, 3.63) is 40.9 Å². The number of carbonyl (C=O) groups excluding carboxylic acids is 1. The lowest BCUT2D eigenvalue weighted by Gasteiger charge is -2.19. The van der Waals surface area contributed by atoms with Crippen molar-refractivity contribution in [3.8, 4) is 10.6 Å². The van der Waals surface area contributed by atoms with Gasteiger partial charge in [0.2, 0.25) is 0 Å². The summed E-state index contributed by atoms with van der Waals surface area (Å²) in [5, 5.41) is 12.7. The van der Waals surface area contributed by atoms with E-state index in [1.807, 2.05) is 44.2 Å². The number of aromatic nitrogens is 1. The summed E-state index contributed by atoms with van der Waals surface area (Å²) in [6, 6.07) is 8.71. The van der Waals surface area contributed by atoms with Crippen molar-refractivity contribution in [2.24, 2.45) is 5.92 Å². The van der Waals surface area contributed by atoms with Crippen molar-refractivity contribution in [1.29, 1.82) is 0 Å². The molecule has 0 fully saturated rings. The Morgan fingerprint density at radius 2 is 1.96 bits per heavy atom. The summed E-state index contributed by atoms with van der Waals surface area (Å²) in [5.74, 6) is -1.54. The molecule has 0 bridgehead atoms. The zero-order valence-electron chi connectivity index (χ0n) is 13.4. The average molecular weight is 332 g/mol. The van der Waals surface area contributed by atoms with Crippen molar-refractivity contribution < 1.29 is 14.7 Å². The van der Waals surface area contributed by atoms with Gasteiger partial charge in [-0.05, 0) is 12.8 Å². The lowest BCUT2D eigenvalue weighted by molar-refractivity contribution is -0.140. The van der Waals surface area contributed by atoms with E-state index in [0.29, 0.717) is 17.0 Å². The Labute approximate surface area is 139 Å². The van der Waals surface area contributed by atoms with Crippen LogP contribution in [-0.4, -0.2) is 28.0 Å². The highest BCUT2D eigenvalue weighted by Crippen LogP contribution is 2.27. The van der Waals surface area contributed by atoms with Crippen molar-refractivity contribution in [2.45, 2.75) is 33.2 Å². The molecular formula is C17H20N2O3S. The van der Waals surface area contributed by atoms with Gasteiger partial charge in [-0.25, -0.2) is 9.78 Å². The number of rotatable bonds is 6. The normalized spacial score (nSPS) is 13.3. The molecule has 6 heteroatoms. The summed E-state index contributed by atoms with van der Waals surface area (Å²) in [6.45, 7) is 5.48. The first-order valence-corrected chi connectivity index (χ1v) is 8.32. The number of amides is 1. The minimum Gasteiger partial charge on any atom is -0.480 e. The standard InChI is InChI=1S/C17H20N2O3S/c1-4-10(2)13(17(21)22)19-15(20)14-11(3)18-16(23-14)12-8-6-5-7-9-12/h5-10,13H,4H2,1-3H3,(H,19,20)(H,21,22)/t10-,13-/m0/s1. The number of carboxylic acids is 1. The third-order valence-corrected chi connectivity index (χ3v) is 4.99. The molecule has 5 nitrogen and oxygen atoms in total. The molecule has 0 spiro atoms. The van der Waals surface area contributed by atoms with Crippen LogP contribution < -0.4 is 5.32 Å². The van der Waals surface area contributed by atoms with Crippen molar-refractivity contribution >= 4 is 23.2 Å². The number of aryl methyl sites for hydroxylation is 1. The van der Waals surface area contributed by atoms with E-state index in [-0.39, 0.29) is 11.8 Å². The minimum atomic E-state index is -1.02. The van der Waals surface area contributed by atoms with E-state index in [1.165, 1.54) is 11.3 Å². The molecule has 122 valence electrons. The smallest absolute Gasteiger partial charge is 0.326 e. The van der Waals surface area contributed by atoms with Crippen LogP contribution in [0.4, 0.5) is 0 Å². The Kier molecular flexibility index (Phi) is 5.50. The topological polar surface area (TPSA) is 79.3 Å². The molecule has 0 unspecified atom stereocenters. The van der Waals surface area contributed by atoms with E-state index in [1.54, 1.807) is 6.92 Å². The first kappa shape index (κ1) is 17.1. The van der Waals surface area contributed by atoms with Crippen LogP contribution in [0.5, 0.6) is 0 Å². The molecule has 0 aliphatic heterocycles. The highest BCUT2D eigenvalue weighted by atomic mass is 32.1. The highest BCUT2D eigenvalue weighted by Gasteiger charge is 2.27. The molecule has 1 amide bonds. The predicted octanol–water partition coefficient (Wildman–Crippen LogP) is 3.35. The van der Waals surface area contributed by atoms with Crippen LogP contribution >= 0.6 is 11.3 Å². The number of nitrogens with one attached hydrogen (secondary N) is 1. The zero-order chi connectivity index (χ0) is 17.0.